The Morgan fingerprint density at radius 1 is 1.25 bits per heavy atom. The van der Waals surface area contributed by atoms with E-state index in [9.17, 15) is 0 Å². The van der Waals surface area contributed by atoms with Crippen molar-refractivity contribution in [1.29, 1.82) is 0 Å². The van der Waals surface area contributed by atoms with Gasteiger partial charge in [0.25, 0.3) is 0 Å². The fourth-order valence-corrected chi connectivity index (χ4v) is 2.44. The van der Waals surface area contributed by atoms with Crippen LogP contribution in [0.3, 0.4) is 0 Å². The van der Waals surface area contributed by atoms with Crippen LogP contribution in [0.15, 0.2) is 42.2 Å². The van der Waals surface area contributed by atoms with Gasteiger partial charge in [0.15, 0.2) is 6.29 Å². The van der Waals surface area contributed by atoms with Crippen molar-refractivity contribution in [1.82, 2.24) is 0 Å². The maximum atomic E-state index is 5.92. The molecule has 0 aromatic heterocycles. The molecule has 20 heavy (non-hydrogen) atoms. The highest BCUT2D eigenvalue weighted by molar-refractivity contribution is 5.56. The summed E-state index contributed by atoms with van der Waals surface area (Å²) in [6.07, 6.45) is 7.36. The number of rotatable bonds is 3. The Labute approximate surface area is 118 Å². The number of benzene rings is 1. The van der Waals surface area contributed by atoms with Gasteiger partial charge in [-0.15, -0.1) is 0 Å². The second-order valence-electron chi connectivity index (χ2n) is 4.89. The van der Waals surface area contributed by atoms with Gasteiger partial charge in [-0.25, -0.2) is 0 Å². The molecule has 2 heterocycles. The quantitative estimate of drug-likeness (QED) is 0.848. The zero-order valence-electron chi connectivity index (χ0n) is 11.7. The highest BCUT2D eigenvalue weighted by atomic mass is 16.8. The van der Waals surface area contributed by atoms with Crippen LogP contribution in [0.1, 0.15) is 18.4 Å². The molecule has 4 nitrogen and oxygen atoms in total. The van der Waals surface area contributed by atoms with Gasteiger partial charge >= 0.3 is 0 Å². The van der Waals surface area contributed by atoms with Gasteiger partial charge in [-0.05, 0) is 35.9 Å². The van der Waals surface area contributed by atoms with Crippen molar-refractivity contribution in [3.05, 3.63) is 47.7 Å². The van der Waals surface area contributed by atoms with E-state index >= 15 is 0 Å². The van der Waals surface area contributed by atoms with Crippen LogP contribution >= 0.6 is 0 Å². The Bertz CT molecular complexity index is 532. The topological polar surface area (TPSA) is 36.9 Å². The van der Waals surface area contributed by atoms with Crippen LogP contribution in [0.5, 0.6) is 5.75 Å². The fourth-order valence-electron chi connectivity index (χ4n) is 2.44. The lowest BCUT2D eigenvalue weighted by Gasteiger charge is -2.22. The van der Waals surface area contributed by atoms with E-state index in [1.54, 1.807) is 14.2 Å². The normalized spacial score (nSPS) is 30.1. The number of hydrogen-bond donors (Lipinski definition) is 0. The van der Waals surface area contributed by atoms with Crippen molar-refractivity contribution in [3.63, 3.8) is 0 Å². The predicted octanol–water partition coefficient (Wildman–Crippen LogP) is 3.10. The summed E-state index contributed by atoms with van der Waals surface area (Å²) >= 11 is 0. The Kier molecular flexibility index (Phi) is 3.51. The molecule has 2 unspecified atom stereocenters. The second-order valence-corrected chi connectivity index (χ2v) is 4.89. The molecule has 2 aliphatic heterocycles. The highest BCUT2D eigenvalue weighted by Crippen LogP contribution is 2.39. The first-order valence-electron chi connectivity index (χ1n) is 6.68. The van der Waals surface area contributed by atoms with E-state index in [0.29, 0.717) is 0 Å². The maximum absolute atomic E-state index is 5.92. The van der Waals surface area contributed by atoms with Crippen molar-refractivity contribution in [2.45, 2.75) is 24.9 Å². The lowest BCUT2D eigenvalue weighted by molar-refractivity contribution is -0.218. The largest absolute Gasteiger partial charge is 0.497 e. The van der Waals surface area contributed by atoms with Crippen LogP contribution in [0, 0.1) is 0 Å². The van der Waals surface area contributed by atoms with Crippen LogP contribution in [-0.4, -0.2) is 26.3 Å². The molecule has 106 valence electrons. The minimum absolute atomic E-state index is 0.181. The molecule has 0 N–H and O–H groups in total. The van der Waals surface area contributed by atoms with E-state index in [4.69, 9.17) is 18.9 Å². The van der Waals surface area contributed by atoms with Gasteiger partial charge in [-0.2, -0.15) is 0 Å². The van der Waals surface area contributed by atoms with Gasteiger partial charge in [0.05, 0.1) is 7.11 Å². The third-order valence-corrected chi connectivity index (χ3v) is 3.54. The molecule has 0 radical (unpaired) electrons. The summed E-state index contributed by atoms with van der Waals surface area (Å²) in [6.45, 7) is 0. The molecule has 0 saturated carbocycles. The first-order valence-corrected chi connectivity index (χ1v) is 6.68. The number of allylic oxidation sites excluding steroid dienone is 1. The van der Waals surface area contributed by atoms with E-state index in [1.807, 2.05) is 42.5 Å². The molecular formula is C16H18O4. The Hall–Kier alpha value is -1.78. The maximum Gasteiger partial charge on any atom is 0.233 e. The Morgan fingerprint density at radius 3 is 2.70 bits per heavy atom. The minimum Gasteiger partial charge on any atom is -0.497 e. The number of hydrogen-bond acceptors (Lipinski definition) is 4. The third-order valence-electron chi connectivity index (χ3n) is 3.54. The Balaban J connectivity index is 1.71. The summed E-state index contributed by atoms with van der Waals surface area (Å²) < 4.78 is 22.0. The van der Waals surface area contributed by atoms with E-state index < -0.39 is 5.79 Å². The molecule has 2 aliphatic rings. The van der Waals surface area contributed by atoms with Crippen LogP contribution in [0.2, 0.25) is 0 Å². The van der Waals surface area contributed by atoms with Crippen molar-refractivity contribution in [3.8, 4) is 5.75 Å². The van der Waals surface area contributed by atoms with Crippen LogP contribution in [-0.2, 0) is 14.2 Å². The fraction of sp³-hybridized carbons (Fsp3) is 0.375. The molecule has 2 atom stereocenters. The molecule has 4 heteroatoms. The molecule has 1 spiro atoms. The number of ether oxygens (including phenoxy) is 4. The summed E-state index contributed by atoms with van der Waals surface area (Å²) in [5.41, 5.74) is 1.06. The number of methoxy groups -OCH3 is 2. The highest BCUT2D eigenvalue weighted by Gasteiger charge is 2.43. The standard InChI is InChI=1S/C16H18O4/c1-17-13-5-3-12(4-6-13)11-14-7-9-16(19-14)10-8-15(18-2)20-16/h3-7,9,11,15H,8,10H2,1-2H3/b14-11-. The van der Waals surface area contributed by atoms with E-state index in [-0.39, 0.29) is 6.29 Å². The SMILES string of the molecule is COc1ccc(/C=C2/C=CC3(CCC(OC)O3)O2)cc1. The van der Waals surface area contributed by atoms with Gasteiger partial charge in [0.1, 0.15) is 11.5 Å². The van der Waals surface area contributed by atoms with Crippen LogP contribution in [0.4, 0.5) is 0 Å². The predicted molar refractivity (Wildman–Crippen MR) is 75.0 cm³/mol. The Morgan fingerprint density at radius 2 is 2.05 bits per heavy atom. The van der Waals surface area contributed by atoms with Crippen LogP contribution < -0.4 is 4.74 Å². The zero-order valence-corrected chi connectivity index (χ0v) is 11.7. The van der Waals surface area contributed by atoms with E-state index in [1.165, 1.54) is 0 Å². The molecule has 0 aliphatic carbocycles. The van der Waals surface area contributed by atoms with E-state index in [0.717, 1.165) is 29.9 Å². The summed E-state index contributed by atoms with van der Waals surface area (Å²) in [6, 6.07) is 7.82. The average Bonchev–Trinajstić information content (AvgIpc) is 3.07. The average molecular weight is 274 g/mol. The van der Waals surface area contributed by atoms with Crippen molar-refractivity contribution >= 4 is 6.08 Å². The van der Waals surface area contributed by atoms with Crippen LogP contribution in [0.25, 0.3) is 6.08 Å². The molecule has 0 bridgehead atoms. The monoisotopic (exact) mass is 274 g/mol. The smallest absolute Gasteiger partial charge is 0.233 e. The minimum atomic E-state index is -0.640. The van der Waals surface area contributed by atoms with Crippen molar-refractivity contribution in [2.24, 2.45) is 0 Å². The lowest BCUT2D eigenvalue weighted by atomic mass is 10.2. The van der Waals surface area contributed by atoms with Gasteiger partial charge in [0, 0.05) is 20.0 Å². The molecular weight excluding hydrogens is 256 g/mol. The van der Waals surface area contributed by atoms with Crippen molar-refractivity contribution in [2.75, 3.05) is 14.2 Å². The summed E-state index contributed by atoms with van der Waals surface area (Å²) in [4.78, 5) is 0. The van der Waals surface area contributed by atoms with Gasteiger partial charge in [-0.1, -0.05) is 12.1 Å². The van der Waals surface area contributed by atoms with E-state index in [2.05, 4.69) is 0 Å². The molecule has 1 aromatic carbocycles. The second kappa shape index (κ2) is 5.31. The molecule has 3 rings (SSSR count). The molecule has 1 saturated heterocycles. The van der Waals surface area contributed by atoms with Gasteiger partial charge in [-0.3, -0.25) is 0 Å². The first kappa shape index (κ1) is 13.2. The van der Waals surface area contributed by atoms with Gasteiger partial charge < -0.3 is 18.9 Å². The zero-order chi connectivity index (χ0) is 14.0. The molecule has 1 aromatic rings. The molecule has 1 fully saturated rings. The summed E-state index contributed by atoms with van der Waals surface area (Å²) in [5.74, 6) is 0.999. The van der Waals surface area contributed by atoms with Crippen molar-refractivity contribution < 1.29 is 18.9 Å². The molecule has 0 amide bonds. The van der Waals surface area contributed by atoms with Gasteiger partial charge in [0.2, 0.25) is 5.79 Å². The lowest BCUT2D eigenvalue weighted by Crippen LogP contribution is -2.27. The summed E-state index contributed by atoms with van der Waals surface area (Å²) in [5, 5.41) is 0. The summed E-state index contributed by atoms with van der Waals surface area (Å²) in [7, 11) is 3.31. The third kappa shape index (κ3) is 2.57. The first-order chi connectivity index (χ1) is 9.73.